The van der Waals surface area contributed by atoms with E-state index in [0.29, 0.717) is 17.0 Å². The Morgan fingerprint density at radius 2 is 1.66 bits per heavy atom. The Bertz CT molecular complexity index is 1120. The van der Waals surface area contributed by atoms with E-state index in [1.165, 1.54) is 18.9 Å². The van der Waals surface area contributed by atoms with Crippen molar-refractivity contribution in [3.05, 3.63) is 65.9 Å². The van der Waals surface area contributed by atoms with Gasteiger partial charge >= 0.3 is 17.9 Å². The first kappa shape index (κ1) is 22.5. The monoisotopic (exact) mass is 438 g/mol. The van der Waals surface area contributed by atoms with Crippen LogP contribution >= 0.6 is 0 Å². The molecule has 1 heterocycles. The van der Waals surface area contributed by atoms with E-state index in [1.807, 2.05) is 6.07 Å². The van der Waals surface area contributed by atoms with Gasteiger partial charge in [-0.05, 0) is 31.2 Å². The molecule has 0 fully saturated rings. The smallest absolute Gasteiger partial charge is 0.357 e. The third-order valence-electron chi connectivity index (χ3n) is 4.42. The molecule has 0 aliphatic carbocycles. The largest absolute Gasteiger partial charge is 0.482 e. The summed E-state index contributed by atoms with van der Waals surface area (Å²) in [5.74, 6) is -1.64. The van der Waals surface area contributed by atoms with Gasteiger partial charge in [-0.3, -0.25) is 0 Å². The summed E-state index contributed by atoms with van der Waals surface area (Å²) in [6.45, 7) is 1.68. The summed E-state index contributed by atoms with van der Waals surface area (Å²) in [6, 6.07) is 15.5. The van der Waals surface area contributed by atoms with Crippen molar-refractivity contribution >= 4 is 17.9 Å². The second-order valence-electron chi connectivity index (χ2n) is 6.42. The number of esters is 3. The lowest BCUT2D eigenvalue weighted by molar-refractivity contribution is -0.145. The van der Waals surface area contributed by atoms with E-state index >= 15 is 0 Å². The van der Waals surface area contributed by atoms with Crippen LogP contribution in [0.25, 0.3) is 16.9 Å². The molecule has 9 nitrogen and oxygen atoms in total. The number of hydrogen-bond donors (Lipinski definition) is 0. The van der Waals surface area contributed by atoms with Gasteiger partial charge in [0.25, 0.3) is 0 Å². The van der Waals surface area contributed by atoms with Crippen LogP contribution in [0.15, 0.2) is 54.6 Å². The Morgan fingerprint density at radius 1 is 0.938 bits per heavy atom. The molecular weight excluding hydrogens is 416 g/mol. The number of benzene rings is 2. The van der Waals surface area contributed by atoms with E-state index in [-0.39, 0.29) is 30.2 Å². The Labute approximate surface area is 184 Å². The highest BCUT2D eigenvalue weighted by Crippen LogP contribution is 2.31. The Hall–Kier alpha value is -4.14. The Morgan fingerprint density at radius 3 is 2.31 bits per heavy atom. The number of aromatic nitrogens is 2. The zero-order valence-corrected chi connectivity index (χ0v) is 17.9. The fraction of sp³-hybridized carbons (Fsp3) is 0.217. The average molecular weight is 438 g/mol. The van der Waals surface area contributed by atoms with Gasteiger partial charge < -0.3 is 18.9 Å². The highest BCUT2D eigenvalue weighted by atomic mass is 16.6. The topological polar surface area (TPSA) is 106 Å². The number of nitrogens with zero attached hydrogens (tertiary/aromatic N) is 2. The number of carbonyl (C=O) groups is 3. The number of carbonyl (C=O) groups excluding carboxylic acids is 3. The molecule has 0 radical (unpaired) electrons. The zero-order chi connectivity index (χ0) is 23.1. The maximum absolute atomic E-state index is 12.7. The maximum atomic E-state index is 12.7. The van der Waals surface area contributed by atoms with E-state index in [4.69, 9.17) is 18.9 Å². The molecule has 0 N–H and O–H groups in total. The fourth-order valence-electron chi connectivity index (χ4n) is 3.03. The highest BCUT2D eigenvalue weighted by molar-refractivity contribution is 6.06. The van der Waals surface area contributed by atoms with Crippen LogP contribution < -0.4 is 4.74 Å². The molecule has 0 aliphatic heterocycles. The van der Waals surface area contributed by atoms with Crippen LogP contribution in [0.2, 0.25) is 0 Å². The summed E-state index contributed by atoms with van der Waals surface area (Å²) in [5, 5.41) is 4.52. The maximum Gasteiger partial charge on any atom is 0.357 e. The molecule has 2 aromatic carbocycles. The lowest BCUT2D eigenvalue weighted by Gasteiger charge is -2.08. The first-order valence-electron chi connectivity index (χ1n) is 9.74. The van der Waals surface area contributed by atoms with Gasteiger partial charge in [-0.15, -0.1) is 0 Å². The Kier molecular flexibility index (Phi) is 7.22. The van der Waals surface area contributed by atoms with Gasteiger partial charge in [0.2, 0.25) is 0 Å². The van der Waals surface area contributed by atoms with Crippen LogP contribution in [-0.2, 0) is 19.0 Å². The number of rotatable bonds is 8. The van der Waals surface area contributed by atoms with Crippen LogP contribution in [0.4, 0.5) is 0 Å². The van der Waals surface area contributed by atoms with Gasteiger partial charge in [0.15, 0.2) is 12.3 Å². The molecule has 0 aliphatic rings. The van der Waals surface area contributed by atoms with Crippen molar-refractivity contribution in [1.82, 2.24) is 9.78 Å². The molecule has 0 saturated carbocycles. The predicted molar refractivity (Wildman–Crippen MR) is 114 cm³/mol. The van der Waals surface area contributed by atoms with Gasteiger partial charge in [0, 0.05) is 5.56 Å². The van der Waals surface area contributed by atoms with Crippen LogP contribution in [0.1, 0.15) is 27.8 Å². The first-order valence-corrected chi connectivity index (χ1v) is 9.74. The molecule has 0 unspecified atom stereocenters. The van der Waals surface area contributed by atoms with Crippen molar-refractivity contribution in [2.75, 3.05) is 27.4 Å². The predicted octanol–water partition coefficient (Wildman–Crippen LogP) is 3.05. The molecule has 32 heavy (non-hydrogen) atoms. The van der Waals surface area contributed by atoms with Crippen molar-refractivity contribution in [1.29, 1.82) is 0 Å². The summed E-state index contributed by atoms with van der Waals surface area (Å²) in [7, 11) is 2.43. The summed E-state index contributed by atoms with van der Waals surface area (Å²) in [4.78, 5) is 36.9. The van der Waals surface area contributed by atoms with Crippen molar-refractivity contribution in [3.8, 4) is 22.7 Å². The van der Waals surface area contributed by atoms with Crippen molar-refractivity contribution in [3.63, 3.8) is 0 Å². The first-order chi connectivity index (χ1) is 15.5. The highest BCUT2D eigenvalue weighted by Gasteiger charge is 2.31. The molecule has 0 saturated heterocycles. The number of ether oxygens (including phenoxy) is 4. The molecule has 3 aromatic rings. The van der Waals surface area contributed by atoms with E-state index in [2.05, 4.69) is 5.10 Å². The minimum Gasteiger partial charge on any atom is -0.482 e. The van der Waals surface area contributed by atoms with Crippen LogP contribution in [0, 0.1) is 0 Å². The lowest BCUT2D eigenvalue weighted by Crippen LogP contribution is -2.15. The second-order valence-corrected chi connectivity index (χ2v) is 6.42. The molecule has 0 atom stereocenters. The minimum atomic E-state index is -0.750. The summed E-state index contributed by atoms with van der Waals surface area (Å²) in [5.41, 5.74) is 1.11. The zero-order valence-electron chi connectivity index (χ0n) is 17.9. The van der Waals surface area contributed by atoms with Gasteiger partial charge in [-0.1, -0.05) is 30.3 Å². The summed E-state index contributed by atoms with van der Waals surface area (Å²) < 4.78 is 21.5. The molecule has 0 bridgehead atoms. The molecule has 166 valence electrons. The normalized spacial score (nSPS) is 10.3. The second kappa shape index (κ2) is 10.3. The molecule has 3 rings (SSSR count). The van der Waals surface area contributed by atoms with Crippen LogP contribution in [0.3, 0.4) is 0 Å². The molecular formula is C23H22N2O7. The fourth-order valence-corrected chi connectivity index (χ4v) is 3.03. The van der Waals surface area contributed by atoms with E-state index in [1.54, 1.807) is 55.5 Å². The van der Waals surface area contributed by atoms with E-state index in [0.717, 1.165) is 0 Å². The SMILES string of the molecule is CCOC(=O)COc1cccc(-c2nn(-c3ccccc3)c(C(=O)OC)c2C(=O)OC)c1. The van der Waals surface area contributed by atoms with Crippen molar-refractivity contribution in [2.45, 2.75) is 6.92 Å². The van der Waals surface area contributed by atoms with E-state index in [9.17, 15) is 14.4 Å². The van der Waals surface area contributed by atoms with Crippen molar-refractivity contribution in [2.24, 2.45) is 0 Å². The number of methoxy groups -OCH3 is 2. The molecule has 0 spiro atoms. The number of hydrogen-bond acceptors (Lipinski definition) is 8. The van der Waals surface area contributed by atoms with Gasteiger partial charge in [-0.2, -0.15) is 5.10 Å². The third-order valence-corrected chi connectivity index (χ3v) is 4.42. The average Bonchev–Trinajstić information content (AvgIpc) is 3.23. The van der Waals surface area contributed by atoms with Crippen molar-refractivity contribution < 1.29 is 33.3 Å². The van der Waals surface area contributed by atoms with Gasteiger partial charge in [0.1, 0.15) is 17.0 Å². The standard InChI is InChI=1S/C23H22N2O7/c1-4-31-18(26)14-32-17-12-8-9-15(13-17)20-19(22(27)29-2)21(23(28)30-3)25(24-20)16-10-6-5-7-11-16/h5-13H,4,14H2,1-3H3. The van der Waals surface area contributed by atoms with E-state index < -0.39 is 17.9 Å². The van der Waals surface area contributed by atoms with Gasteiger partial charge in [0.05, 0.1) is 26.5 Å². The summed E-state index contributed by atoms with van der Waals surface area (Å²) in [6.07, 6.45) is 0. The van der Waals surface area contributed by atoms with Crippen LogP contribution in [-0.4, -0.2) is 55.1 Å². The Balaban J connectivity index is 2.13. The van der Waals surface area contributed by atoms with Gasteiger partial charge in [-0.25, -0.2) is 19.1 Å². The lowest BCUT2D eigenvalue weighted by atomic mass is 10.1. The quantitative estimate of drug-likeness (QED) is 0.390. The minimum absolute atomic E-state index is 0.0502. The molecule has 0 amide bonds. The molecule has 1 aromatic heterocycles. The van der Waals surface area contributed by atoms with Crippen LogP contribution in [0.5, 0.6) is 5.75 Å². The molecule has 9 heteroatoms. The number of para-hydroxylation sites is 1. The summed E-state index contributed by atoms with van der Waals surface area (Å²) >= 11 is 0. The third kappa shape index (κ3) is 4.77.